The largest absolute Gasteiger partial charge is 0.351 e. The summed E-state index contributed by atoms with van der Waals surface area (Å²) in [6, 6.07) is 9.16. The number of amides is 1. The fourth-order valence-corrected chi connectivity index (χ4v) is 2.73. The second-order valence-electron chi connectivity index (χ2n) is 5.93. The van der Waals surface area contributed by atoms with E-state index in [9.17, 15) is 4.79 Å². The lowest BCUT2D eigenvalue weighted by atomic mass is 10.1. The minimum atomic E-state index is 0. The highest BCUT2D eigenvalue weighted by atomic mass is 35.5. The Bertz CT molecular complexity index is 439. The zero-order chi connectivity index (χ0) is 14.5. The van der Waals surface area contributed by atoms with Crippen molar-refractivity contribution in [1.29, 1.82) is 0 Å². The molecule has 1 aliphatic heterocycles. The minimum absolute atomic E-state index is 0. The highest BCUT2D eigenvalue weighted by molar-refractivity contribution is 5.85. The summed E-state index contributed by atoms with van der Waals surface area (Å²) in [5, 5.41) is 6.47. The molecular formula is C16H26ClN3O. The molecule has 4 nitrogen and oxygen atoms in total. The minimum Gasteiger partial charge on any atom is -0.351 e. The summed E-state index contributed by atoms with van der Waals surface area (Å²) in [5.41, 5.74) is 2.38. The van der Waals surface area contributed by atoms with Crippen molar-refractivity contribution in [3.8, 4) is 0 Å². The summed E-state index contributed by atoms with van der Waals surface area (Å²) >= 11 is 0. The molecule has 1 heterocycles. The summed E-state index contributed by atoms with van der Waals surface area (Å²) in [4.78, 5) is 14.2. The Balaban J connectivity index is 0.00000220. The number of carbonyl (C=O) groups excluding carboxylic acids is 1. The second kappa shape index (κ2) is 8.37. The van der Waals surface area contributed by atoms with Crippen molar-refractivity contribution in [2.75, 3.05) is 19.6 Å². The van der Waals surface area contributed by atoms with E-state index in [2.05, 4.69) is 60.6 Å². The van der Waals surface area contributed by atoms with Crippen LogP contribution in [0.2, 0.25) is 0 Å². The first-order chi connectivity index (χ1) is 9.52. The van der Waals surface area contributed by atoms with Gasteiger partial charge in [0.1, 0.15) is 0 Å². The van der Waals surface area contributed by atoms with Gasteiger partial charge in [-0.15, -0.1) is 12.4 Å². The first-order valence-electron chi connectivity index (χ1n) is 7.33. The highest BCUT2D eigenvalue weighted by Crippen LogP contribution is 2.04. The van der Waals surface area contributed by atoms with E-state index in [1.54, 1.807) is 0 Å². The number of piperazine rings is 1. The van der Waals surface area contributed by atoms with E-state index in [4.69, 9.17) is 0 Å². The van der Waals surface area contributed by atoms with Crippen molar-refractivity contribution in [3.63, 3.8) is 0 Å². The van der Waals surface area contributed by atoms with Crippen LogP contribution in [0.5, 0.6) is 0 Å². The summed E-state index contributed by atoms with van der Waals surface area (Å²) in [7, 11) is 0. The van der Waals surface area contributed by atoms with Gasteiger partial charge in [-0.1, -0.05) is 29.8 Å². The van der Waals surface area contributed by atoms with Gasteiger partial charge in [-0.25, -0.2) is 0 Å². The van der Waals surface area contributed by atoms with E-state index in [0.717, 1.165) is 18.7 Å². The lowest BCUT2D eigenvalue weighted by Crippen LogP contribution is -2.55. The number of nitrogens with zero attached hydrogens (tertiary/aromatic N) is 1. The van der Waals surface area contributed by atoms with E-state index in [1.165, 1.54) is 5.56 Å². The number of aryl methyl sites for hydroxylation is 1. The van der Waals surface area contributed by atoms with Crippen molar-refractivity contribution in [2.45, 2.75) is 39.4 Å². The van der Waals surface area contributed by atoms with Gasteiger partial charge in [0.2, 0.25) is 5.91 Å². The normalized spacial score (nSPS) is 22.4. The second-order valence-corrected chi connectivity index (χ2v) is 5.93. The SMILES string of the molecule is Cc1ccc(CNC(=O)CN2CC(C)NC(C)C2)cc1.Cl. The molecule has 1 amide bonds. The summed E-state index contributed by atoms with van der Waals surface area (Å²) in [6.07, 6.45) is 0. The van der Waals surface area contributed by atoms with E-state index in [0.29, 0.717) is 25.2 Å². The van der Waals surface area contributed by atoms with Crippen molar-refractivity contribution in [1.82, 2.24) is 15.5 Å². The van der Waals surface area contributed by atoms with E-state index in [1.807, 2.05) is 0 Å². The molecule has 1 aromatic carbocycles. The molecule has 1 saturated heterocycles. The fraction of sp³-hybridized carbons (Fsp3) is 0.562. The third kappa shape index (κ3) is 6.04. The number of halogens is 1. The number of rotatable bonds is 4. The molecule has 2 unspecified atom stereocenters. The average Bonchev–Trinajstić information content (AvgIpc) is 2.37. The van der Waals surface area contributed by atoms with Gasteiger partial charge in [0, 0.05) is 31.7 Å². The predicted octanol–water partition coefficient (Wildman–Crippen LogP) is 1.72. The zero-order valence-electron chi connectivity index (χ0n) is 13.1. The lowest BCUT2D eigenvalue weighted by Gasteiger charge is -2.35. The van der Waals surface area contributed by atoms with Crippen LogP contribution in [-0.2, 0) is 11.3 Å². The predicted molar refractivity (Wildman–Crippen MR) is 88.8 cm³/mol. The van der Waals surface area contributed by atoms with Crippen LogP contribution in [0.4, 0.5) is 0 Å². The van der Waals surface area contributed by atoms with Gasteiger partial charge in [-0.05, 0) is 26.3 Å². The third-order valence-corrected chi connectivity index (χ3v) is 3.61. The van der Waals surface area contributed by atoms with Crippen LogP contribution in [0.1, 0.15) is 25.0 Å². The molecule has 118 valence electrons. The van der Waals surface area contributed by atoms with Crippen LogP contribution >= 0.6 is 12.4 Å². The maximum atomic E-state index is 12.0. The van der Waals surface area contributed by atoms with Crippen molar-refractivity contribution in [3.05, 3.63) is 35.4 Å². The first kappa shape index (κ1) is 18.0. The fourth-order valence-electron chi connectivity index (χ4n) is 2.73. The Morgan fingerprint density at radius 3 is 2.38 bits per heavy atom. The first-order valence-corrected chi connectivity index (χ1v) is 7.33. The van der Waals surface area contributed by atoms with E-state index >= 15 is 0 Å². The molecule has 1 aromatic rings. The number of carbonyl (C=O) groups is 1. The standard InChI is InChI=1S/C16H25N3O.ClH/c1-12-4-6-15(7-5-12)8-17-16(20)11-19-9-13(2)18-14(3)10-19;/h4-7,13-14,18H,8-11H2,1-3H3,(H,17,20);1H. The molecule has 0 aromatic heterocycles. The molecular weight excluding hydrogens is 286 g/mol. The monoisotopic (exact) mass is 311 g/mol. The van der Waals surface area contributed by atoms with Crippen molar-refractivity contribution < 1.29 is 4.79 Å². The van der Waals surface area contributed by atoms with Gasteiger partial charge in [-0.2, -0.15) is 0 Å². The molecule has 0 saturated carbocycles. The highest BCUT2D eigenvalue weighted by Gasteiger charge is 2.22. The molecule has 0 radical (unpaired) electrons. The van der Waals surface area contributed by atoms with Gasteiger partial charge in [0.25, 0.3) is 0 Å². The Morgan fingerprint density at radius 2 is 1.81 bits per heavy atom. The van der Waals surface area contributed by atoms with Crippen LogP contribution in [0, 0.1) is 6.92 Å². The van der Waals surface area contributed by atoms with Gasteiger partial charge in [-0.3, -0.25) is 9.69 Å². The quantitative estimate of drug-likeness (QED) is 0.890. The zero-order valence-corrected chi connectivity index (χ0v) is 13.9. The van der Waals surface area contributed by atoms with Crippen molar-refractivity contribution >= 4 is 18.3 Å². The number of nitrogens with one attached hydrogen (secondary N) is 2. The molecule has 5 heteroatoms. The maximum Gasteiger partial charge on any atom is 0.234 e. The molecule has 2 N–H and O–H groups in total. The summed E-state index contributed by atoms with van der Waals surface area (Å²) in [5.74, 6) is 0.104. The van der Waals surface area contributed by atoms with E-state index in [-0.39, 0.29) is 18.3 Å². The molecule has 21 heavy (non-hydrogen) atoms. The van der Waals surface area contributed by atoms with Crippen LogP contribution in [0.15, 0.2) is 24.3 Å². The molecule has 2 atom stereocenters. The lowest BCUT2D eigenvalue weighted by molar-refractivity contribution is -0.122. The van der Waals surface area contributed by atoms with Gasteiger partial charge >= 0.3 is 0 Å². The van der Waals surface area contributed by atoms with Crippen LogP contribution in [-0.4, -0.2) is 42.5 Å². The van der Waals surface area contributed by atoms with Gasteiger partial charge in [0.05, 0.1) is 6.54 Å². The van der Waals surface area contributed by atoms with Crippen molar-refractivity contribution in [2.24, 2.45) is 0 Å². The van der Waals surface area contributed by atoms with Crippen LogP contribution in [0.25, 0.3) is 0 Å². The number of hydrogen-bond acceptors (Lipinski definition) is 3. The van der Waals surface area contributed by atoms with E-state index < -0.39 is 0 Å². The number of hydrogen-bond donors (Lipinski definition) is 2. The van der Waals surface area contributed by atoms with Gasteiger partial charge in [0.15, 0.2) is 0 Å². The summed E-state index contributed by atoms with van der Waals surface area (Å²) < 4.78 is 0. The molecule has 1 aliphatic rings. The van der Waals surface area contributed by atoms with Crippen LogP contribution in [0.3, 0.4) is 0 Å². The molecule has 0 spiro atoms. The van der Waals surface area contributed by atoms with Gasteiger partial charge < -0.3 is 10.6 Å². The maximum absolute atomic E-state index is 12.0. The third-order valence-electron chi connectivity index (χ3n) is 3.61. The van der Waals surface area contributed by atoms with Crippen LogP contribution < -0.4 is 10.6 Å². The molecule has 1 fully saturated rings. The Kier molecular flexibility index (Phi) is 7.15. The topological polar surface area (TPSA) is 44.4 Å². The average molecular weight is 312 g/mol. The molecule has 0 bridgehead atoms. The Hall–Kier alpha value is -1.10. The number of benzene rings is 1. The Labute approximate surface area is 133 Å². The molecule has 0 aliphatic carbocycles. The summed E-state index contributed by atoms with van der Waals surface area (Å²) in [6.45, 7) is 9.35. The molecule has 2 rings (SSSR count). The Morgan fingerprint density at radius 1 is 1.24 bits per heavy atom. The smallest absolute Gasteiger partial charge is 0.234 e.